The van der Waals surface area contributed by atoms with Gasteiger partial charge >= 0.3 is 0 Å². The van der Waals surface area contributed by atoms with E-state index in [0.717, 1.165) is 19.5 Å². The summed E-state index contributed by atoms with van der Waals surface area (Å²) in [5, 5.41) is 0. The number of halogens is 2. The Morgan fingerprint density at radius 3 is 2.59 bits per heavy atom. The summed E-state index contributed by atoms with van der Waals surface area (Å²) in [6.45, 7) is 6.47. The highest BCUT2D eigenvalue weighted by molar-refractivity contribution is 4.81. The van der Waals surface area contributed by atoms with Crippen molar-refractivity contribution in [1.82, 2.24) is 4.90 Å². The zero-order chi connectivity index (χ0) is 13.1. The average Bonchev–Trinajstić information content (AvgIpc) is 2.14. The Morgan fingerprint density at radius 2 is 2.06 bits per heavy atom. The largest absolute Gasteiger partial charge is 0.330 e. The summed E-state index contributed by atoms with van der Waals surface area (Å²) in [6.07, 6.45) is 1.72. The number of hydrogen-bond donors (Lipinski definition) is 1. The van der Waals surface area contributed by atoms with E-state index in [2.05, 4.69) is 18.7 Å². The van der Waals surface area contributed by atoms with Crippen LogP contribution in [0.3, 0.4) is 0 Å². The van der Waals surface area contributed by atoms with Crippen LogP contribution in [0.5, 0.6) is 0 Å². The van der Waals surface area contributed by atoms with Gasteiger partial charge in [-0.05, 0) is 37.8 Å². The quantitative estimate of drug-likeness (QED) is 0.810. The highest BCUT2D eigenvalue weighted by Gasteiger charge is 2.36. The van der Waals surface area contributed by atoms with Gasteiger partial charge in [-0.3, -0.25) is 0 Å². The number of nitrogens with two attached hydrogens (primary N) is 1. The molecule has 0 aromatic rings. The van der Waals surface area contributed by atoms with Crippen molar-refractivity contribution >= 4 is 0 Å². The third kappa shape index (κ3) is 5.30. The van der Waals surface area contributed by atoms with Gasteiger partial charge in [0, 0.05) is 25.9 Å². The molecule has 0 spiro atoms. The van der Waals surface area contributed by atoms with Crippen LogP contribution in [0, 0.1) is 11.3 Å². The molecule has 0 radical (unpaired) electrons. The van der Waals surface area contributed by atoms with E-state index in [0.29, 0.717) is 13.0 Å². The molecule has 2 nitrogen and oxygen atoms in total. The maximum Gasteiger partial charge on any atom is 0.248 e. The van der Waals surface area contributed by atoms with Gasteiger partial charge in [-0.25, -0.2) is 8.78 Å². The van der Waals surface area contributed by atoms with Gasteiger partial charge in [-0.15, -0.1) is 0 Å². The fourth-order valence-electron chi connectivity index (χ4n) is 2.73. The van der Waals surface area contributed by atoms with Crippen molar-refractivity contribution in [2.75, 3.05) is 26.7 Å². The number of nitrogens with zero attached hydrogens (tertiary/aromatic N) is 1. The third-order valence-electron chi connectivity index (χ3n) is 3.56. The molecule has 1 fully saturated rings. The SMILES string of the molecule is CN(CC1CCCC(F)(F)C1)CC(C)(C)CN. The Balaban J connectivity index is 2.38. The molecular weight excluding hydrogens is 222 g/mol. The first-order valence-corrected chi connectivity index (χ1v) is 6.50. The molecule has 1 atom stereocenters. The number of hydrogen-bond acceptors (Lipinski definition) is 2. The molecule has 0 bridgehead atoms. The summed E-state index contributed by atoms with van der Waals surface area (Å²) >= 11 is 0. The Bertz CT molecular complexity index is 242. The van der Waals surface area contributed by atoms with E-state index in [1.165, 1.54) is 0 Å². The molecule has 0 amide bonds. The lowest BCUT2D eigenvalue weighted by Crippen LogP contribution is -2.40. The molecule has 0 aromatic heterocycles. The van der Waals surface area contributed by atoms with E-state index in [-0.39, 0.29) is 24.2 Å². The van der Waals surface area contributed by atoms with E-state index in [1.807, 2.05) is 7.05 Å². The first-order chi connectivity index (χ1) is 7.74. The minimum atomic E-state index is -2.44. The molecule has 0 aromatic carbocycles. The molecule has 1 aliphatic carbocycles. The van der Waals surface area contributed by atoms with Crippen molar-refractivity contribution in [3.63, 3.8) is 0 Å². The Kier molecular flexibility index (Phi) is 4.90. The van der Waals surface area contributed by atoms with E-state index in [9.17, 15) is 8.78 Å². The van der Waals surface area contributed by atoms with Crippen molar-refractivity contribution in [2.24, 2.45) is 17.1 Å². The molecule has 102 valence electrons. The number of alkyl halides is 2. The van der Waals surface area contributed by atoms with E-state index in [1.54, 1.807) is 0 Å². The van der Waals surface area contributed by atoms with Gasteiger partial charge in [-0.2, -0.15) is 0 Å². The van der Waals surface area contributed by atoms with Crippen molar-refractivity contribution in [1.29, 1.82) is 0 Å². The minimum Gasteiger partial charge on any atom is -0.330 e. The molecule has 1 unspecified atom stereocenters. The van der Waals surface area contributed by atoms with Gasteiger partial charge in [-0.1, -0.05) is 13.8 Å². The molecule has 1 saturated carbocycles. The fraction of sp³-hybridized carbons (Fsp3) is 1.00. The average molecular weight is 248 g/mol. The standard InChI is InChI=1S/C13H26F2N2/c1-12(2,9-16)10-17(3)8-11-5-4-6-13(14,15)7-11/h11H,4-10,16H2,1-3H3. The molecule has 0 aliphatic heterocycles. The summed E-state index contributed by atoms with van der Waals surface area (Å²) in [5.41, 5.74) is 5.75. The predicted octanol–water partition coefficient (Wildman–Crippen LogP) is 2.73. The van der Waals surface area contributed by atoms with Crippen LogP contribution in [0.15, 0.2) is 0 Å². The molecule has 0 heterocycles. The second-order valence-corrected chi connectivity index (χ2v) is 6.38. The first kappa shape index (κ1) is 14.8. The Hall–Kier alpha value is -0.220. The summed E-state index contributed by atoms with van der Waals surface area (Å²) < 4.78 is 26.5. The zero-order valence-corrected chi connectivity index (χ0v) is 11.3. The maximum atomic E-state index is 13.3. The minimum absolute atomic E-state index is 0.0559. The monoisotopic (exact) mass is 248 g/mol. The van der Waals surface area contributed by atoms with Crippen molar-refractivity contribution in [2.45, 2.75) is 45.5 Å². The van der Waals surface area contributed by atoms with Gasteiger partial charge in [0.2, 0.25) is 5.92 Å². The summed E-state index contributed by atoms with van der Waals surface area (Å²) in [6, 6.07) is 0. The van der Waals surface area contributed by atoms with Crippen LogP contribution in [0.4, 0.5) is 8.78 Å². The normalized spacial score (nSPS) is 25.2. The summed E-state index contributed by atoms with van der Waals surface area (Å²) in [5.74, 6) is -2.30. The van der Waals surface area contributed by atoms with Gasteiger partial charge in [0.1, 0.15) is 0 Å². The molecular formula is C13H26F2N2. The highest BCUT2D eigenvalue weighted by atomic mass is 19.3. The van der Waals surface area contributed by atoms with E-state index in [4.69, 9.17) is 5.73 Å². The fourth-order valence-corrected chi connectivity index (χ4v) is 2.73. The van der Waals surface area contributed by atoms with Gasteiger partial charge in [0.15, 0.2) is 0 Å². The third-order valence-corrected chi connectivity index (χ3v) is 3.56. The second kappa shape index (κ2) is 5.61. The molecule has 1 aliphatic rings. The van der Waals surface area contributed by atoms with Crippen LogP contribution in [-0.4, -0.2) is 37.5 Å². The van der Waals surface area contributed by atoms with Crippen LogP contribution < -0.4 is 5.73 Å². The van der Waals surface area contributed by atoms with E-state index >= 15 is 0 Å². The molecule has 2 N–H and O–H groups in total. The van der Waals surface area contributed by atoms with Gasteiger partial charge < -0.3 is 10.6 Å². The first-order valence-electron chi connectivity index (χ1n) is 6.50. The van der Waals surface area contributed by atoms with Crippen molar-refractivity contribution in [3.8, 4) is 0 Å². The summed E-state index contributed by atoms with van der Waals surface area (Å²) in [4.78, 5) is 2.15. The van der Waals surface area contributed by atoms with Crippen LogP contribution >= 0.6 is 0 Å². The van der Waals surface area contributed by atoms with Crippen molar-refractivity contribution in [3.05, 3.63) is 0 Å². The molecule has 17 heavy (non-hydrogen) atoms. The highest BCUT2D eigenvalue weighted by Crippen LogP contribution is 2.36. The lowest BCUT2D eigenvalue weighted by atomic mass is 9.85. The van der Waals surface area contributed by atoms with Crippen LogP contribution in [-0.2, 0) is 0 Å². The Labute approximate surface area is 104 Å². The lowest BCUT2D eigenvalue weighted by molar-refractivity contribution is -0.0567. The lowest BCUT2D eigenvalue weighted by Gasteiger charge is -2.34. The maximum absolute atomic E-state index is 13.3. The Morgan fingerprint density at radius 1 is 1.41 bits per heavy atom. The van der Waals surface area contributed by atoms with Crippen LogP contribution in [0.2, 0.25) is 0 Å². The van der Waals surface area contributed by atoms with Crippen molar-refractivity contribution < 1.29 is 8.78 Å². The smallest absolute Gasteiger partial charge is 0.248 e. The molecule has 0 saturated heterocycles. The van der Waals surface area contributed by atoms with Crippen LogP contribution in [0.25, 0.3) is 0 Å². The molecule has 4 heteroatoms. The molecule has 1 rings (SSSR count). The van der Waals surface area contributed by atoms with Gasteiger partial charge in [0.05, 0.1) is 0 Å². The predicted molar refractivity (Wildman–Crippen MR) is 67.2 cm³/mol. The van der Waals surface area contributed by atoms with E-state index < -0.39 is 5.92 Å². The topological polar surface area (TPSA) is 29.3 Å². The van der Waals surface area contributed by atoms with Gasteiger partial charge in [0.25, 0.3) is 0 Å². The second-order valence-electron chi connectivity index (χ2n) is 6.38. The number of rotatable bonds is 5. The zero-order valence-electron chi connectivity index (χ0n) is 11.3. The summed E-state index contributed by atoms with van der Waals surface area (Å²) in [7, 11) is 2.00. The van der Waals surface area contributed by atoms with Crippen LogP contribution in [0.1, 0.15) is 39.5 Å².